The fraction of sp³-hybridized carbons (Fsp3) is 0.182. The molecule has 5 rings (SSSR count). The van der Waals surface area contributed by atoms with Gasteiger partial charge in [-0.2, -0.15) is 5.10 Å². The number of hydrogen-bond acceptors (Lipinski definition) is 5. The monoisotopic (exact) mass is 437 g/mol. The molecule has 156 valence electrons. The van der Waals surface area contributed by atoms with Crippen LogP contribution in [0.5, 0.6) is 0 Å². The van der Waals surface area contributed by atoms with Crippen LogP contribution in [-0.2, 0) is 20.0 Å². The van der Waals surface area contributed by atoms with E-state index < -0.39 is 5.82 Å². The van der Waals surface area contributed by atoms with Crippen LogP contribution in [0.2, 0.25) is 5.02 Å². The SMILES string of the molecule is Cn1nc(-c2nnc(-c3ccccc3F)o2)c2c1CCN(C(=O)c1cccc(Cl)c1)C2. The zero-order valence-electron chi connectivity index (χ0n) is 16.5. The Balaban J connectivity index is 1.48. The summed E-state index contributed by atoms with van der Waals surface area (Å²) in [5.41, 5.74) is 3.09. The van der Waals surface area contributed by atoms with Crippen LogP contribution in [0.1, 0.15) is 21.6 Å². The fourth-order valence-electron chi connectivity index (χ4n) is 3.80. The topological polar surface area (TPSA) is 77.1 Å². The van der Waals surface area contributed by atoms with Crippen LogP contribution in [0.3, 0.4) is 0 Å². The minimum absolute atomic E-state index is 0.0789. The lowest BCUT2D eigenvalue weighted by Gasteiger charge is -2.27. The molecule has 1 aliphatic rings. The third kappa shape index (κ3) is 3.48. The molecule has 0 unspecified atom stereocenters. The predicted molar refractivity (Wildman–Crippen MR) is 112 cm³/mol. The Labute approximate surface area is 182 Å². The Morgan fingerprint density at radius 3 is 2.74 bits per heavy atom. The smallest absolute Gasteiger partial charge is 0.268 e. The number of aryl methyl sites for hydroxylation is 1. The number of halogens is 2. The molecule has 0 atom stereocenters. The lowest BCUT2D eigenvalue weighted by molar-refractivity contribution is 0.0733. The van der Waals surface area contributed by atoms with E-state index in [-0.39, 0.29) is 23.3 Å². The minimum atomic E-state index is -0.445. The Morgan fingerprint density at radius 2 is 1.94 bits per heavy atom. The summed E-state index contributed by atoms with van der Waals surface area (Å²) < 4.78 is 21.6. The van der Waals surface area contributed by atoms with Gasteiger partial charge in [0.05, 0.1) is 12.1 Å². The Bertz CT molecular complexity index is 1300. The normalized spacial score (nSPS) is 13.3. The zero-order valence-corrected chi connectivity index (χ0v) is 17.3. The van der Waals surface area contributed by atoms with Crippen molar-refractivity contribution in [3.63, 3.8) is 0 Å². The first kappa shape index (κ1) is 19.4. The van der Waals surface area contributed by atoms with Gasteiger partial charge >= 0.3 is 0 Å². The van der Waals surface area contributed by atoms with Gasteiger partial charge in [-0.15, -0.1) is 10.2 Å². The molecule has 9 heteroatoms. The maximum absolute atomic E-state index is 14.1. The highest BCUT2D eigenvalue weighted by Gasteiger charge is 2.30. The van der Waals surface area contributed by atoms with Gasteiger partial charge in [-0.1, -0.05) is 29.8 Å². The summed E-state index contributed by atoms with van der Waals surface area (Å²) >= 11 is 6.04. The van der Waals surface area contributed by atoms with E-state index in [1.54, 1.807) is 52.0 Å². The third-order valence-electron chi connectivity index (χ3n) is 5.33. The Hall–Kier alpha value is -3.52. The summed E-state index contributed by atoms with van der Waals surface area (Å²) in [4.78, 5) is 14.7. The Morgan fingerprint density at radius 1 is 1.13 bits per heavy atom. The maximum atomic E-state index is 14.1. The average molecular weight is 438 g/mol. The van der Waals surface area contributed by atoms with Crippen LogP contribution in [0, 0.1) is 5.82 Å². The van der Waals surface area contributed by atoms with Gasteiger partial charge in [0.15, 0.2) is 5.69 Å². The van der Waals surface area contributed by atoms with Crippen molar-refractivity contribution in [2.24, 2.45) is 7.05 Å². The summed E-state index contributed by atoms with van der Waals surface area (Å²) in [5, 5.41) is 13.1. The van der Waals surface area contributed by atoms with E-state index in [1.165, 1.54) is 6.07 Å². The first-order chi connectivity index (χ1) is 15.0. The van der Waals surface area contributed by atoms with E-state index in [9.17, 15) is 9.18 Å². The second-order valence-corrected chi connectivity index (χ2v) is 7.71. The van der Waals surface area contributed by atoms with Crippen LogP contribution in [0.25, 0.3) is 23.0 Å². The number of aromatic nitrogens is 4. The molecule has 0 fully saturated rings. The van der Waals surface area contributed by atoms with E-state index in [1.807, 2.05) is 7.05 Å². The number of nitrogens with zero attached hydrogens (tertiary/aromatic N) is 5. The summed E-state index contributed by atoms with van der Waals surface area (Å²) in [7, 11) is 1.84. The molecule has 0 bridgehead atoms. The standard InChI is InChI=1S/C22H17ClFN5O2/c1-28-18-9-10-29(22(30)13-5-4-6-14(23)11-13)12-16(18)19(27-28)21-26-25-20(31-21)15-7-2-3-8-17(15)24/h2-8,11H,9-10,12H2,1H3. The molecule has 4 aromatic rings. The van der Waals surface area contributed by atoms with Crippen molar-refractivity contribution in [1.82, 2.24) is 24.9 Å². The first-order valence-corrected chi connectivity index (χ1v) is 10.1. The number of hydrogen-bond donors (Lipinski definition) is 0. The Kier molecular flexibility index (Phi) is 4.78. The largest absolute Gasteiger partial charge is 0.414 e. The quantitative estimate of drug-likeness (QED) is 0.481. The molecular weight excluding hydrogens is 421 g/mol. The van der Waals surface area contributed by atoms with E-state index in [0.29, 0.717) is 35.8 Å². The van der Waals surface area contributed by atoms with Gasteiger partial charge in [0.1, 0.15) is 5.82 Å². The molecule has 0 aliphatic carbocycles. The van der Waals surface area contributed by atoms with Crippen molar-refractivity contribution in [2.45, 2.75) is 13.0 Å². The number of carbonyl (C=O) groups excluding carboxylic acids is 1. The van der Waals surface area contributed by atoms with Gasteiger partial charge in [-0.05, 0) is 30.3 Å². The van der Waals surface area contributed by atoms with E-state index in [4.69, 9.17) is 16.0 Å². The highest BCUT2D eigenvalue weighted by molar-refractivity contribution is 6.30. The molecule has 2 aromatic carbocycles. The second kappa shape index (κ2) is 7.63. The molecule has 1 aliphatic heterocycles. The molecule has 0 saturated carbocycles. The number of carbonyl (C=O) groups is 1. The molecule has 0 radical (unpaired) electrons. The number of rotatable bonds is 3. The van der Waals surface area contributed by atoms with Crippen molar-refractivity contribution >= 4 is 17.5 Å². The average Bonchev–Trinajstić information content (AvgIpc) is 3.38. The number of benzene rings is 2. The number of amides is 1. The van der Waals surface area contributed by atoms with Gasteiger partial charge < -0.3 is 9.32 Å². The second-order valence-electron chi connectivity index (χ2n) is 7.28. The lowest BCUT2D eigenvalue weighted by Crippen LogP contribution is -2.36. The van der Waals surface area contributed by atoms with Crippen LogP contribution in [0.15, 0.2) is 52.9 Å². The predicted octanol–water partition coefficient (Wildman–Crippen LogP) is 4.13. The zero-order chi connectivity index (χ0) is 21.5. The third-order valence-corrected chi connectivity index (χ3v) is 5.57. The molecular formula is C22H17ClFN5O2. The van der Waals surface area contributed by atoms with Crippen LogP contribution >= 0.6 is 11.6 Å². The van der Waals surface area contributed by atoms with Crippen molar-refractivity contribution in [2.75, 3.05) is 6.54 Å². The number of fused-ring (bicyclic) bond motifs is 1. The molecule has 31 heavy (non-hydrogen) atoms. The van der Waals surface area contributed by atoms with Gasteiger partial charge in [-0.25, -0.2) is 4.39 Å². The van der Waals surface area contributed by atoms with E-state index >= 15 is 0 Å². The molecule has 7 nitrogen and oxygen atoms in total. The molecule has 0 spiro atoms. The highest BCUT2D eigenvalue weighted by atomic mass is 35.5. The van der Waals surface area contributed by atoms with Crippen molar-refractivity contribution in [3.05, 3.63) is 76.2 Å². The summed E-state index contributed by atoms with van der Waals surface area (Å²) in [6.45, 7) is 0.906. The van der Waals surface area contributed by atoms with E-state index in [2.05, 4.69) is 15.3 Å². The summed E-state index contributed by atoms with van der Waals surface area (Å²) in [6, 6.07) is 13.1. The van der Waals surface area contributed by atoms with Gasteiger partial charge in [0.25, 0.3) is 17.7 Å². The molecule has 0 N–H and O–H groups in total. The van der Waals surface area contributed by atoms with Gasteiger partial charge in [0.2, 0.25) is 0 Å². The summed E-state index contributed by atoms with van der Waals surface area (Å²) in [5.74, 6) is -0.290. The molecule has 2 aromatic heterocycles. The van der Waals surface area contributed by atoms with Crippen LogP contribution in [0.4, 0.5) is 4.39 Å². The maximum Gasteiger partial charge on any atom is 0.268 e. The molecule has 1 amide bonds. The van der Waals surface area contributed by atoms with Crippen molar-refractivity contribution in [1.29, 1.82) is 0 Å². The van der Waals surface area contributed by atoms with E-state index in [0.717, 1.165) is 11.3 Å². The van der Waals surface area contributed by atoms with Crippen LogP contribution in [-0.4, -0.2) is 37.3 Å². The minimum Gasteiger partial charge on any atom is -0.414 e. The first-order valence-electron chi connectivity index (χ1n) is 9.69. The fourth-order valence-corrected chi connectivity index (χ4v) is 3.99. The van der Waals surface area contributed by atoms with Crippen LogP contribution < -0.4 is 0 Å². The van der Waals surface area contributed by atoms with Gasteiger partial charge in [-0.3, -0.25) is 9.48 Å². The van der Waals surface area contributed by atoms with Crippen molar-refractivity contribution in [3.8, 4) is 23.0 Å². The molecule has 0 saturated heterocycles. The van der Waals surface area contributed by atoms with Gasteiger partial charge in [0, 0.05) is 41.9 Å². The summed E-state index contributed by atoms with van der Waals surface area (Å²) in [6.07, 6.45) is 0.638. The lowest BCUT2D eigenvalue weighted by atomic mass is 10.0. The van der Waals surface area contributed by atoms with Crippen molar-refractivity contribution < 1.29 is 13.6 Å². The molecule has 3 heterocycles. The highest BCUT2D eigenvalue weighted by Crippen LogP contribution is 2.32.